The lowest BCUT2D eigenvalue weighted by atomic mass is 9.96. The molecule has 2 aromatic heterocycles. The Labute approximate surface area is 157 Å². The molecule has 7 nitrogen and oxygen atoms in total. The minimum atomic E-state index is 0.325. The normalized spacial score (nSPS) is 18.1. The van der Waals surface area contributed by atoms with Crippen LogP contribution in [0.4, 0.5) is 6.01 Å². The molecule has 2 aromatic rings. The van der Waals surface area contributed by atoms with Crippen LogP contribution in [0.15, 0.2) is 33.8 Å². The van der Waals surface area contributed by atoms with Gasteiger partial charge >= 0.3 is 6.01 Å². The third-order valence-electron chi connectivity index (χ3n) is 4.87. The maximum absolute atomic E-state index is 12.1. The lowest BCUT2D eigenvalue weighted by Gasteiger charge is -2.32. The molecule has 4 rings (SSSR count). The van der Waals surface area contributed by atoms with Crippen LogP contribution >= 0.6 is 11.8 Å². The van der Waals surface area contributed by atoms with E-state index < -0.39 is 0 Å². The van der Waals surface area contributed by atoms with E-state index in [1.807, 2.05) is 17.0 Å². The Kier molecular flexibility index (Phi) is 5.38. The van der Waals surface area contributed by atoms with E-state index in [2.05, 4.69) is 20.5 Å². The first-order valence-electron chi connectivity index (χ1n) is 9.16. The third kappa shape index (κ3) is 4.55. The van der Waals surface area contributed by atoms with Crippen LogP contribution in [0.3, 0.4) is 0 Å². The van der Waals surface area contributed by atoms with Crippen LogP contribution in [0.25, 0.3) is 0 Å². The summed E-state index contributed by atoms with van der Waals surface area (Å²) in [7, 11) is 0. The minimum Gasteiger partial charge on any atom is -0.407 e. The van der Waals surface area contributed by atoms with Crippen LogP contribution in [-0.2, 0) is 10.5 Å². The largest absolute Gasteiger partial charge is 0.407 e. The van der Waals surface area contributed by atoms with E-state index in [-0.39, 0.29) is 0 Å². The van der Waals surface area contributed by atoms with Crippen LogP contribution in [0.2, 0.25) is 0 Å². The molecule has 0 atom stereocenters. The topological polar surface area (TPSA) is 84.2 Å². The molecule has 1 saturated heterocycles. The van der Waals surface area contributed by atoms with Crippen molar-refractivity contribution in [2.45, 2.75) is 36.3 Å². The standard InChI is InChI=1S/C18H23N5O2S/c24-17(14-1-2-14)23-9-5-13(6-10-23)11-20-18-22-21-16(25-18)12-26-15-3-7-19-8-4-15/h3-4,7-8,13-14H,1-2,5-6,9-12H2,(H,20,22). The van der Waals surface area contributed by atoms with E-state index in [1.54, 1.807) is 24.2 Å². The van der Waals surface area contributed by atoms with E-state index in [0.717, 1.165) is 50.2 Å². The van der Waals surface area contributed by atoms with Gasteiger partial charge in [0, 0.05) is 42.8 Å². The van der Waals surface area contributed by atoms with Gasteiger partial charge in [0.1, 0.15) is 0 Å². The highest BCUT2D eigenvalue weighted by Gasteiger charge is 2.34. The monoisotopic (exact) mass is 373 g/mol. The molecule has 2 aliphatic rings. The van der Waals surface area contributed by atoms with E-state index >= 15 is 0 Å². The zero-order valence-corrected chi connectivity index (χ0v) is 15.5. The Bertz CT molecular complexity index is 726. The van der Waals surface area contributed by atoms with E-state index in [1.165, 1.54) is 0 Å². The Morgan fingerprint density at radius 1 is 1.19 bits per heavy atom. The van der Waals surface area contributed by atoms with Gasteiger partial charge in [0.15, 0.2) is 0 Å². The second-order valence-electron chi connectivity index (χ2n) is 6.90. The highest BCUT2D eigenvalue weighted by Crippen LogP contribution is 2.32. The number of likely N-dealkylation sites (tertiary alicyclic amines) is 1. The van der Waals surface area contributed by atoms with Crippen LogP contribution in [0.5, 0.6) is 0 Å². The van der Waals surface area contributed by atoms with E-state index in [4.69, 9.17) is 4.42 Å². The number of aromatic nitrogens is 3. The van der Waals surface area contributed by atoms with Gasteiger partial charge in [0.05, 0.1) is 5.75 Å². The van der Waals surface area contributed by atoms with Crippen molar-refractivity contribution in [1.82, 2.24) is 20.1 Å². The lowest BCUT2D eigenvalue weighted by molar-refractivity contribution is -0.133. The summed E-state index contributed by atoms with van der Waals surface area (Å²) in [6, 6.07) is 4.40. The summed E-state index contributed by atoms with van der Waals surface area (Å²) in [6.07, 6.45) is 7.77. The molecule has 138 valence electrons. The summed E-state index contributed by atoms with van der Waals surface area (Å²) in [5.41, 5.74) is 0. The van der Waals surface area contributed by atoms with Crippen molar-refractivity contribution in [3.63, 3.8) is 0 Å². The van der Waals surface area contributed by atoms with Gasteiger partial charge in [0.2, 0.25) is 11.8 Å². The fourth-order valence-corrected chi connectivity index (χ4v) is 3.86. The van der Waals surface area contributed by atoms with Crippen molar-refractivity contribution in [1.29, 1.82) is 0 Å². The summed E-state index contributed by atoms with van der Waals surface area (Å²) in [4.78, 5) is 19.2. The van der Waals surface area contributed by atoms with Gasteiger partial charge in [-0.1, -0.05) is 5.10 Å². The number of pyridine rings is 1. The maximum atomic E-state index is 12.1. The van der Waals surface area contributed by atoms with Crippen LogP contribution < -0.4 is 5.32 Å². The Balaban J connectivity index is 1.18. The highest BCUT2D eigenvalue weighted by atomic mass is 32.2. The van der Waals surface area contributed by atoms with Gasteiger partial charge in [-0.2, -0.15) is 0 Å². The number of rotatable bonds is 7. The molecule has 1 aliphatic heterocycles. The molecule has 0 radical (unpaired) electrons. The molecule has 8 heteroatoms. The molecule has 1 aliphatic carbocycles. The zero-order chi connectivity index (χ0) is 17.8. The summed E-state index contributed by atoms with van der Waals surface area (Å²) >= 11 is 1.64. The number of carbonyl (C=O) groups excluding carboxylic acids is 1. The van der Waals surface area contributed by atoms with Gasteiger partial charge in [-0.15, -0.1) is 16.9 Å². The minimum absolute atomic E-state index is 0.325. The first kappa shape index (κ1) is 17.3. The lowest BCUT2D eigenvalue weighted by Crippen LogP contribution is -2.40. The van der Waals surface area contributed by atoms with Crippen molar-refractivity contribution in [3.05, 3.63) is 30.4 Å². The number of amides is 1. The number of carbonyl (C=O) groups is 1. The maximum Gasteiger partial charge on any atom is 0.315 e. The number of anilines is 1. The number of nitrogens with zero attached hydrogens (tertiary/aromatic N) is 4. The predicted molar refractivity (Wildman–Crippen MR) is 98.6 cm³/mol. The van der Waals surface area contributed by atoms with Crippen molar-refractivity contribution >= 4 is 23.7 Å². The second kappa shape index (κ2) is 8.07. The van der Waals surface area contributed by atoms with Gasteiger partial charge in [-0.25, -0.2) is 0 Å². The molecule has 3 heterocycles. The third-order valence-corrected chi connectivity index (χ3v) is 5.87. The number of hydrogen-bond donors (Lipinski definition) is 1. The van der Waals surface area contributed by atoms with Gasteiger partial charge in [-0.3, -0.25) is 9.78 Å². The highest BCUT2D eigenvalue weighted by molar-refractivity contribution is 7.98. The fourth-order valence-electron chi connectivity index (χ4n) is 3.14. The molecule has 0 spiro atoms. The Morgan fingerprint density at radius 2 is 1.96 bits per heavy atom. The molecule has 1 amide bonds. The fraction of sp³-hybridized carbons (Fsp3) is 0.556. The molecule has 26 heavy (non-hydrogen) atoms. The summed E-state index contributed by atoms with van der Waals surface area (Å²) in [5, 5.41) is 11.4. The smallest absolute Gasteiger partial charge is 0.315 e. The first-order chi connectivity index (χ1) is 12.8. The van der Waals surface area contributed by atoms with Gasteiger partial charge < -0.3 is 14.6 Å². The van der Waals surface area contributed by atoms with Crippen LogP contribution in [0, 0.1) is 11.8 Å². The van der Waals surface area contributed by atoms with E-state index in [0.29, 0.717) is 35.4 Å². The van der Waals surface area contributed by atoms with E-state index in [9.17, 15) is 4.79 Å². The molecule has 1 saturated carbocycles. The molecular formula is C18H23N5O2S. The quantitative estimate of drug-likeness (QED) is 0.747. The van der Waals surface area contributed by atoms with Crippen molar-refractivity contribution in [3.8, 4) is 0 Å². The van der Waals surface area contributed by atoms with Crippen LogP contribution in [0.1, 0.15) is 31.6 Å². The van der Waals surface area contributed by atoms with Gasteiger partial charge in [-0.05, 0) is 43.7 Å². The van der Waals surface area contributed by atoms with Crippen LogP contribution in [-0.4, -0.2) is 45.6 Å². The SMILES string of the molecule is O=C(C1CC1)N1CCC(CNc2nnc(CSc3ccncc3)o2)CC1. The summed E-state index contributed by atoms with van der Waals surface area (Å²) < 4.78 is 5.66. The number of thioether (sulfide) groups is 1. The van der Waals surface area contributed by atoms with Crippen molar-refractivity contribution < 1.29 is 9.21 Å². The van der Waals surface area contributed by atoms with Crippen molar-refractivity contribution in [2.75, 3.05) is 25.0 Å². The molecular weight excluding hydrogens is 350 g/mol. The molecule has 0 bridgehead atoms. The molecule has 2 fully saturated rings. The first-order valence-corrected chi connectivity index (χ1v) is 10.1. The number of nitrogens with one attached hydrogen (secondary N) is 1. The van der Waals surface area contributed by atoms with Crippen molar-refractivity contribution in [2.24, 2.45) is 11.8 Å². The zero-order valence-electron chi connectivity index (χ0n) is 14.6. The summed E-state index contributed by atoms with van der Waals surface area (Å²) in [5.74, 6) is 2.48. The second-order valence-corrected chi connectivity index (χ2v) is 7.95. The molecule has 0 unspecified atom stereocenters. The molecule has 0 aromatic carbocycles. The van der Waals surface area contributed by atoms with Gasteiger partial charge in [0.25, 0.3) is 0 Å². The average molecular weight is 373 g/mol. The summed E-state index contributed by atoms with van der Waals surface area (Å²) in [6.45, 7) is 2.56. The Hall–Kier alpha value is -2.09. The molecule has 1 N–H and O–H groups in total. The number of hydrogen-bond acceptors (Lipinski definition) is 7. The Morgan fingerprint density at radius 3 is 2.69 bits per heavy atom. The number of piperidine rings is 1. The predicted octanol–water partition coefficient (Wildman–Crippen LogP) is 2.82. The average Bonchev–Trinajstić information content (AvgIpc) is 3.44.